The molecule has 0 saturated carbocycles. The van der Waals surface area contributed by atoms with Gasteiger partial charge in [-0.15, -0.1) is 0 Å². The first kappa shape index (κ1) is 13.9. The van der Waals surface area contributed by atoms with Gasteiger partial charge >= 0.3 is 6.18 Å². The average molecular weight is 281 g/mol. The maximum absolute atomic E-state index is 12.6. The van der Waals surface area contributed by atoms with Gasteiger partial charge in [0.1, 0.15) is 29.1 Å². The third-order valence-electron chi connectivity index (χ3n) is 2.53. The molecule has 104 valence electrons. The van der Waals surface area contributed by atoms with Gasteiger partial charge in [0, 0.05) is 0 Å². The Morgan fingerprint density at radius 1 is 1.30 bits per heavy atom. The molecule has 0 fully saturated rings. The van der Waals surface area contributed by atoms with Crippen molar-refractivity contribution in [2.75, 3.05) is 5.32 Å². The molecular weight excluding hydrogens is 271 g/mol. The number of hydrogen-bond acceptors (Lipinski definition) is 4. The van der Waals surface area contributed by atoms with Gasteiger partial charge < -0.3 is 9.73 Å². The van der Waals surface area contributed by atoms with E-state index in [0.717, 1.165) is 12.1 Å². The van der Waals surface area contributed by atoms with E-state index < -0.39 is 11.9 Å². The summed E-state index contributed by atoms with van der Waals surface area (Å²) in [5.74, 6) is 1.13. The molecule has 2 rings (SSSR count). The van der Waals surface area contributed by atoms with Gasteiger partial charge in [-0.1, -0.05) is 0 Å². The Labute approximate surface area is 112 Å². The number of alkyl halides is 3. The number of aromatic nitrogens is 1. The van der Waals surface area contributed by atoms with E-state index in [9.17, 15) is 13.2 Å². The van der Waals surface area contributed by atoms with Gasteiger partial charge in [0.15, 0.2) is 0 Å². The van der Waals surface area contributed by atoms with Crippen molar-refractivity contribution in [3.8, 4) is 6.07 Å². The molecule has 0 aromatic carbocycles. The van der Waals surface area contributed by atoms with E-state index in [1.807, 2.05) is 0 Å². The van der Waals surface area contributed by atoms with Crippen molar-refractivity contribution in [3.63, 3.8) is 0 Å². The summed E-state index contributed by atoms with van der Waals surface area (Å²) < 4.78 is 43.0. The zero-order valence-electron chi connectivity index (χ0n) is 10.5. The number of furan rings is 1. The highest BCUT2D eigenvalue weighted by atomic mass is 19.4. The van der Waals surface area contributed by atoms with Gasteiger partial charge in [-0.25, -0.2) is 4.98 Å². The van der Waals surface area contributed by atoms with Gasteiger partial charge in [-0.05, 0) is 31.2 Å². The minimum Gasteiger partial charge on any atom is -0.465 e. The first-order chi connectivity index (χ1) is 9.40. The summed E-state index contributed by atoms with van der Waals surface area (Å²) in [5.41, 5.74) is -1.00. The summed E-state index contributed by atoms with van der Waals surface area (Å²) in [5, 5.41) is 11.6. The minimum absolute atomic E-state index is 0.0429. The fourth-order valence-corrected chi connectivity index (χ4v) is 1.59. The van der Waals surface area contributed by atoms with Crippen molar-refractivity contribution in [2.24, 2.45) is 0 Å². The predicted molar refractivity (Wildman–Crippen MR) is 64.7 cm³/mol. The number of anilines is 1. The number of nitrogens with zero attached hydrogens (tertiary/aromatic N) is 2. The summed E-state index contributed by atoms with van der Waals surface area (Å²) in [4.78, 5) is 3.44. The number of aryl methyl sites for hydroxylation is 1. The van der Waals surface area contributed by atoms with E-state index in [4.69, 9.17) is 9.68 Å². The fraction of sp³-hybridized carbons (Fsp3) is 0.231. The second-order valence-electron chi connectivity index (χ2n) is 4.07. The van der Waals surface area contributed by atoms with Crippen molar-refractivity contribution < 1.29 is 17.6 Å². The Hall–Kier alpha value is -2.49. The highest BCUT2D eigenvalue weighted by Crippen LogP contribution is 2.29. The molecule has 2 aromatic rings. The highest BCUT2D eigenvalue weighted by Gasteiger charge is 2.33. The van der Waals surface area contributed by atoms with E-state index in [-0.39, 0.29) is 17.9 Å². The molecule has 0 radical (unpaired) electrons. The molecule has 2 heterocycles. The second-order valence-corrected chi connectivity index (χ2v) is 4.07. The van der Waals surface area contributed by atoms with Crippen molar-refractivity contribution in [1.82, 2.24) is 4.98 Å². The third-order valence-corrected chi connectivity index (χ3v) is 2.53. The van der Waals surface area contributed by atoms with Crippen LogP contribution in [0.3, 0.4) is 0 Å². The van der Waals surface area contributed by atoms with Crippen LogP contribution in [-0.2, 0) is 12.7 Å². The van der Waals surface area contributed by atoms with Crippen molar-refractivity contribution >= 4 is 5.82 Å². The molecular formula is C13H10F3N3O. The summed E-state index contributed by atoms with van der Waals surface area (Å²) in [7, 11) is 0. The Kier molecular flexibility index (Phi) is 3.66. The Morgan fingerprint density at radius 3 is 2.60 bits per heavy atom. The largest absolute Gasteiger partial charge is 0.465 e. The van der Waals surface area contributed by atoms with E-state index in [1.165, 1.54) is 0 Å². The zero-order chi connectivity index (χ0) is 14.8. The first-order valence-corrected chi connectivity index (χ1v) is 5.67. The maximum Gasteiger partial charge on any atom is 0.433 e. The van der Waals surface area contributed by atoms with Crippen LogP contribution >= 0.6 is 0 Å². The van der Waals surface area contributed by atoms with E-state index in [0.29, 0.717) is 11.5 Å². The number of pyridine rings is 1. The summed E-state index contributed by atoms with van der Waals surface area (Å²) in [6.07, 6.45) is -4.55. The lowest BCUT2D eigenvalue weighted by Gasteiger charge is -2.10. The van der Waals surface area contributed by atoms with Crippen molar-refractivity contribution in [1.29, 1.82) is 5.26 Å². The molecule has 4 nitrogen and oxygen atoms in total. The van der Waals surface area contributed by atoms with Gasteiger partial charge in [-0.3, -0.25) is 0 Å². The lowest BCUT2D eigenvalue weighted by molar-refractivity contribution is -0.141. The fourth-order valence-electron chi connectivity index (χ4n) is 1.59. The smallest absolute Gasteiger partial charge is 0.433 e. The maximum atomic E-state index is 12.6. The number of rotatable bonds is 3. The summed E-state index contributed by atoms with van der Waals surface area (Å²) in [6, 6.07) is 7.09. The SMILES string of the molecule is Cc1ccc(CNc2nc(C(F)(F)F)ccc2C#N)o1. The lowest BCUT2D eigenvalue weighted by atomic mass is 10.2. The van der Waals surface area contributed by atoms with Crippen LogP contribution in [0.5, 0.6) is 0 Å². The molecule has 0 unspecified atom stereocenters. The van der Waals surface area contributed by atoms with Crippen LogP contribution in [0.25, 0.3) is 0 Å². The molecule has 0 aliphatic heterocycles. The standard InChI is InChI=1S/C13H10F3N3O/c1-8-2-4-10(20-8)7-18-12-9(6-17)3-5-11(19-12)13(14,15)16/h2-5H,7H2,1H3,(H,18,19). The lowest BCUT2D eigenvalue weighted by Crippen LogP contribution is -2.11. The van der Waals surface area contributed by atoms with Crippen LogP contribution < -0.4 is 5.32 Å². The quantitative estimate of drug-likeness (QED) is 0.935. The van der Waals surface area contributed by atoms with Crippen LogP contribution in [-0.4, -0.2) is 4.98 Å². The number of hydrogen-bond donors (Lipinski definition) is 1. The van der Waals surface area contributed by atoms with Crippen molar-refractivity contribution in [3.05, 3.63) is 47.0 Å². The zero-order valence-corrected chi connectivity index (χ0v) is 10.5. The van der Waals surface area contributed by atoms with Gasteiger partial charge in [0.05, 0.1) is 12.1 Å². The summed E-state index contributed by atoms with van der Waals surface area (Å²) >= 11 is 0. The van der Waals surface area contributed by atoms with Crippen LogP contribution in [0.2, 0.25) is 0 Å². The molecule has 0 aliphatic carbocycles. The Bertz CT molecular complexity index is 656. The van der Waals surface area contributed by atoms with Crippen LogP contribution in [0.4, 0.5) is 19.0 Å². The number of nitriles is 1. The molecule has 0 atom stereocenters. The molecule has 0 amide bonds. The van der Waals surface area contributed by atoms with E-state index >= 15 is 0 Å². The van der Waals surface area contributed by atoms with Gasteiger partial charge in [0.2, 0.25) is 0 Å². The molecule has 0 saturated heterocycles. The molecule has 0 aliphatic rings. The number of nitrogens with one attached hydrogen (secondary N) is 1. The second kappa shape index (κ2) is 5.25. The van der Waals surface area contributed by atoms with Crippen LogP contribution in [0.1, 0.15) is 22.8 Å². The van der Waals surface area contributed by atoms with Crippen LogP contribution in [0, 0.1) is 18.3 Å². The monoisotopic (exact) mass is 281 g/mol. The van der Waals surface area contributed by atoms with Crippen LogP contribution in [0.15, 0.2) is 28.7 Å². The molecule has 7 heteroatoms. The molecule has 2 aromatic heterocycles. The van der Waals surface area contributed by atoms with E-state index in [1.54, 1.807) is 25.1 Å². The summed E-state index contributed by atoms with van der Waals surface area (Å²) in [6.45, 7) is 1.91. The normalized spacial score (nSPS) is 11.2. The van der Waals surface area contributed by atoms with Crippen molar-refractivity contribution in [2.45, 2.75) is 19.6 Å². The van der Waals surface area contributed by atoms with E-state index in [2.05, 4.69) is 10.3 Å². The van der Waals surface area contributed by atoms with Gasteiger partial charge in [0.25, 0.3) is 0 Å². The Morgan fingerprint density at radius 2 is 2.05 bits per heavy atom. The average Bonchev–Trinajstić information content (AvgIpc) is 2.80. The molecule has 0 bridgehead atoms. The first-order valence-electron chi connectivity index (χ1n) is 5.67. The van der Waals surface area contributed by atoms with Gasteiger partial charge in [-0.2, -0.15) is 18.4 Å². The molecule has 20 heavy (non-hydrogen) atoms. The third kappa shape index (κ3) is 3.09. The number of halogens is 3. The molecule has 1 N–H and O–H groups in total. The Balaban J connectivity index is 2.23. The minimum atomic E-state index is -4.55. The highest BCUT2D eigenvalue weighted by molar-refractivity contribution is 5.52. The topological polar surface area (TPSA) is 61.9 Å². The predicted octanol–water partition coefficient (Wildman–Crippen LogP) is 3.49. The molecule has 0 spiro atoms.